The van der Waals surface area contributed by atoms with Gasteiger partial charge in [-0.05, 0) is 64.2 Å². The SMILES string of the molecule is CCCCC/C=C\C/C=C\CCCCCCCCCCCC(=O)OCCCCCCCCCCCCCCCCCCCCCCCCCCCCCCCCC(=O)NC(CO)C(O)/C=C/CCCCCCCCCCCCCCCCCCCCCCC. The molecule has 0 radical (unpaired) electrons. The highest BCUT2D eigenvalue weighted by atomic mass is 16.5. The quantitative estimate of drug-likeness (QED) is 0.0320. The van der Waals surface area contributed by atoms with E-state index in [2.05, 4.69) is 43.5 Å². The molecule has 1 amide bonds. The van der Waals surface area contributed by atoms with Crippen LogP contribution in [0.2, 0.25) is 0 Å². The summed E-state index contributed by atoms with van der Waals surface area (Å²) in [4.78, 5) is 24.7. The van der Waals surface area contributed by atoms with Crippen molar-refractivity contribution in [3.05, 3.63) is 36.5 Å². The van der Waals surface area contributed by atoms with Crippen LogP contribution in [0.1, 0.15) is 457 Å². The van der Waals surface area contributed by atoms with Crippen molar-refractivity contribution in [3.63, 3.8) is 0 Å². The average Bonchev–Trinajstić information content (AvgIpc) is 3.60. The van der Waals surface area contributed by atoms with E-state index in [1.807, 2.05) is 6.08 Å². The van der Waals surface area contributed by atoms with E-state index in [1.165, 1.54) is 379 Å². The van der Waals surface area contributed by atoms with E-state index in [9.17, 15) is 19.8 Å². The number of rotatable bonds is 77. The molecule has 3 N–H and O–H groups in total. The fraction of sp³-hybridized carbons (Fsp3) is 0.904. The van der Waals surface area contributed by atoms with Crippen LogP contribution in [0.25, 0.3) is 0 Å². The molecule has 2 atom stereocenters. The molecule has 0 saturated carbocycles. The molecule has 2 unspecified atom stereocenters. The number of allylic oxidation sites excluding steroid dienone is 5. The molecule has 0 aromatic heterocycles. The number of carbonyl (C=O) groups excluding carboxylic acids is 2. The predicted molar refractivity (Wildman–Crippen MR) is 393 cm³/mol. The predicted octanol–water partition coefficient (Wildman–Crippen LogP) is 27.0. The Hall–Kier alpha value is -1.92. The topological polar surface area (TPSA) is 95.9 Å². The van der Waals surface area contributed by atoms with E-state index in [0.717, 1.165) is 51.4 Å². The van der Waals surface area contributed by atoms with Crippen molar-refractivity contribution in [1.82, 2.24) is 5.32 Å². The molecule has 0 saturated heterocycles. The Morgan fingerprint density at radius 1 is 0.315 bits per heavy atom. The molecule has 0 bridgehead atoms. The Labute approximate surface area is 557 Å². The lowest BCUT2D eigenvalue weighted by Crippen LogP contribution is -2.45. The maximum atomic E-state index is 12.6. The van der Waals surface area contributed by atoms with Crippen molar-refractivity contribution in [2.45, 2.75) is 469 Å². The van der Waals surface area contributed by atoms with Crippen LogP contribution in [0.4, 0.5) is 0 Å². The van der Waals surface area contributed by atoms with E-state index in [4.69, 9.17) is 4.74 Å². The van der Waals surface area contributed by atoms with Gasteiger partial charge in [0.05, 0.1) is 25.4 Å². The standard InChI is InChI=1S/C83H159NO5/c1-3-5-7-9-11-13-15-17-19-21-23-24-33-36-40-43-47-51-55-59-63-67-71-75-81(86)80(79-85)84-82(87)76-72-68-64-60-56-52-48-44-41-37-34-31-29-27-25-26-28-30-32-35-38-42-46-50-54-58-62-66-70-74-78-89-83(88)77-73-69-65-61-57-53-49-45-39-22-20-18-16-14-12-10-8-6-4-2/h12,14,18,20,71,75,80-81,85-86H,3-11,13,15-17,19,21-70,72-74,76-79H2,1-2H3,(H,84,87)/b14-12-,20-18-,75-71+. The van der Waals surface area contributed by atoms with Crippen LogP contribution < -0.4 is 5.32 Å². The molecule has 0 spiro atoms. The van der Waals surface area contributed by atoms with Crippen molar-refractivity contribution in [2.75, 3.05) is 13.2 Å². The number of ether oxygens (including phenoxy) is 1. The van der Waals surface area contributed by atoms with Gasteiger partial charge in [-0.25, -0.2) is 0 Å². The molecule has 0 rings (SSSR count). The number of aliphatic hydroxyl groups excluding tert-OH is 2. The highest BCUT2D eigenvalue weighted by molar-refractivity contribution is 5.76. The fourth-order valence-electron chi connectivity index (χ4n) is 13.0. The summed E-state index contributed by atoms with van der Waals surface area (Å²) in [6, 6.07) is -0.626. The Morgan fingerprint density at radius 2 is 0.562 bits per heavy atom. The lowest BCUT2D eigenvalue weighted by atomic mass is 10.0. The number of hydrogen-bond acceptors (Lipinski definition) is 5. The molecule has 6 nitrogen and oxygen atoms in total. The number of aliphatic hydroxyl groups is 2. The first-order chi connectivity index (χ1) is 44.0. The number of amides is 1. The van der Waals surface area contributed by atoms with Crippen LogP contribution >= 0.6 is 0 Å². The summed E-state index contributed by atoms with van der Waals surface area (Å²) in [5.41, 5.74) is 0. The lowest BCUT2D eigenvalue weighted by molar-refractivity contribution is -0.143. The number of nitrogens with one attached hydrogen (secondary N) is 1. The molecule has 0 aromatic rings. The van der Waals surface area contributed by atoms with Gasteiger partial charge in [-0.2, -0.15) is 0 Å². The monoisotopic (exact) mass is 1250 g/mol. The molecule has 89 heavy (non-hydrogen) atoms. The molecule has 0 aromatic carbocycles. The van der Waals surface area contributed by atoms with E-state index in [1.54, 1.807) is 6.08 Å². The van der Waals surface area contributed by atoms with Crippen molar-refractivity contribution < 1.29 is 24.5 Å². The first kappa shape index (κ1) is 87.1. The van der Waals surface area contributed by atoms with Gasteiger partial charge in [-0.3, -0.25) is 9.59 Å². The van der Waals surface area contributed by atoms with Crippen LogP contribution in [0.15, 0.2) is 36.5 Å². The van der Waals surface area contributed by atoms with Gasteiger partial charge in [0.25, 0.3) is 0 Å². The van der Waals surface area contributed by atoms with Crippen molar-refractivity contribution in [2.24, 2.45) is 0 Å². The molecule has 6 heteroatoms. The summed E-state index contributed by atoms with van der Waals surface area (Å²) in [6.07, 6.45) is 103. The first-order valence-corrected chi connectivity index (χ1v) is 40.8. The summed E-state index contributed by atoms with van der Waals surface area (Å²) in [6.45, 7) is 4.93. The molecular formula is C83H159NO5. The van der Waals surface area contributed by atoms with Gasteiger partial charge in [0.2, 0.25) is 5.91 Å². The van der Waals surface area contributed by atoms with Crippen LogP contribution in [0.5, 0.6) is 0 Å². The molecule has 0 aliphatic rings. The molecule has 0 aliphatic carbocycles. The normalized spacial score (nSPS) is 12.6. The van der Waals surface area contributed by atoms with Crippen LogP contribution in [0.3, 0.4) is 0 Å². The van der Waals surface area contributed by atoms with Crippen molar-refractivity contribution >= 4 is 11.9 Å². The average molecular weight is 1250 g/mol. The van der Waals surface area contributed by atoms with Crippen molar-refractivity contribution in [3.8, 4) is 0 Å². The summed E-state index contributed by atoms with van der Waals surface area (Å²) < 4.78 is 5.52. The summed E-state index contributed by atoms with van der Waals surface area (Å²) >= 11 is 0. The zero-order valence-corrected chi connectivity index (χ0v) is 60.4. The zero-order valence-electron chi connectivity index (χ0n) is 60.4. The smallest absolute Gasteiger partial charge is 0.305 e. The van der Waals surface area contributed by atoms with Crippen LogP contribution in [0, 0.1) is 0 Å². The zero-order chi connectivity index (χ0) is 64.2. The van der Waals surface area contributed by atoms with Gasteiger partial charge in [0.15, 0.2) is 0 Å². The second kappa shape index (κ2) is 78.5. The van der Waals surface area contributed by atoms with E-state index in [-0.39, 0.29) is 18.5 Å². The second-order valence-corrected chi connectivity index (χ2v) is 28.1. The molecular weight excluding hydrogens is 1090 g/mol. The third-order valence-corrected chi connectivity index (χ3v) is 19.2. The van der Waals surface area contributed by atoms with Gasteiger partial charge < -0.3 is 20.3 Å². The largest absolute Gasteiger partial charge is 0.466 e. The minimum Gasteiger partial charge on any atom is -0.466 e. The molecule has 0 fully saturated rings. The third kappa shape index (κ3) is 75.0. The molecule has 526 valence electrons. The maximum absolute atomic E-state index is 12.6. The first-order valence-electron chi connectivity index (χ1n) is 40.8. The Morgan fingerprint density at radius 3 is 0.876 bits per heavy atom. The summed E-state index contributed by atoms with van der Waals surface area (Å²) in [5.74, 6) is -0.0421. The van der Waals surface area contributed by atoms with Crippen molar-refractivity contribution in [1.29, 1.82) is 0 Å². The number of carbonyl (C=O) groups is 2. The van der Waals surface area contributed by atoms with E-state index in [0.29, 0.717) is 19.4 Å². The second-order valence-electron chi connectivity index (χ2n) is 28.1. The highest BCUT2D eigenvalue weighted by Crippen LogP contribution is 2.20. The van der Waals surface area contributed by atoms with Gasteiger partial charge >= 0.3 is 5.97 Å². The minimum atomic E-state index is -0.843. The minimum absolute atomic E-state index is 0.0169. The summed E-state index contributed by atoms with van der Waals surface area (Å²) in [5, 5.41) is 23.3. The number of hydrogen-bond donors (Lipinski definition) is 3. The van der Waals surface area contributed by atoms with E-state index >= 15 is 0 Å². The van der Waals surface area contributed by atoms with E-state index < -0.39 is 12.1 Å². The van der Waals surface area contributed by atoms with Gasteiger partial charge in [0.1, 0.15) is 0 Å². The van der Waals surface area contributed by atoms with Crippen LogP contribution in [-0.4, -0.2) is 47.4 Å². The maximum Gasteiger partial charge on any atom is 0.305 e. The third-order valence-electron chi connectivity index (χ3n) is 19.2. The number of unbranched alkanes of at least 4 members (excludes halogenated alkanes) is 62. The van der Waals surface area contributed by atoms with Gasteiger partial charge in [0, 0.05) is 12.8 Å². The molecule has 0 aliphatic heterocycles. The number of esters is 1. The molecule has 0 heterocycles. The van der Waals surface area contributed by atoms with Gasteiger partial charge in [-0.15, -0.1) is 0 Å². The Bertz CT molecular complexity index is 1440. The fourth-order valence-corrected chi connectivity index (χ4v) is 13.0. The van der Waals surface area contributed by atoms with Crippen LogP contribution in [-0.2, 0) is 14.3 Å². The highest BCUT2D eigenvalue weighted by Gasteiger charge is 2.18. The summed E-state index contributed by atoms with van der Waals surface area (Å²) in [7, 11) is 0. The Kier molecular flexibility index (Phi) is 76.8. The lowest BCUT2D eigenvalue weighted by Gasteiger charge is -2.20. The Balaban J connectivity index is 3.35. The van der Waals surface area contributed by atoms with Gasteiger partial charge in [-0.1, -0.05) is 416 Å².